The molecule has 4 aromatic rings. The van der Waals surface area contributed by atoms with Crippen molar-refractivity contribution >= 4 is 10.8 Å². The topological polar surface area (TPSA) is 52.0 Å². The monoisotopic (exact) mass is 358 g/mol. The molecule has 0 radical (unpaired) electrons. The van der Waals surface area contributed by atoms with E-state index in [0.717, 1.165) is 18.0 Å². The fraction of sp³-hybridized carbons (Fsp3) is 0.182. The summed E-state index contributed by atoms with van der Waals surface area (Å²) >= 11 is 0. The summed E-state index contributed by atoms with van der Waals surface area (Å²) in [7, 11) is 1.69. The van der Waals surface area contributed by atoms with Gasteiger partial charge in [-0.1, -0.05) is 30.3 Å². The highest BCUT2D eigenvalue weighted by atomic mass is 16.5. The Balaban J connectivity index is 1.42. The summed E-state index contributed by atoms with van der Waals surface area (Å²) < 4.78 is 7.05. The second-order valence-corrected chi connectivity index (χ2v) is 6.58. The normalized spacial score (nSPS) is 12.2. The van der Waals surface area contributed by atoms with Crippen LogP contribution in [0.25, 0.3) is 16.5 Å². The standard InChI is InChI=1S/C22H22N4O/c1-16(18-5-8-21(9-6-18)26-15-23-14-25-26)24-13-17-3-4-20-12-22(27-2)10-7-19(20)11-17/h3-12,14-16,24H,13H2,1-2H3. The van der Waals surface area contributed by atoms with E-state index in [9.17, 15) is 0 Å². The van der Waals surface area contributed by atoms with Gasteiger partial charge < -0.3 is 10.1 Å². The first-order valence-electron chi connectivity index (χ1n) is 8.98. The molecular weight excluding hydrogens is 336 g/mol. The second-order valence-electron chi connectivity index (χ2n) is 6.58. The predicted octanol–water partition coefficient (Wildman–Crippen LogP) is 4.28. The Morgan fingerprint density at radius 3 is 2.52 bits per heavy atom. The van der Waals surface area contributed by atoms with Crippen LogP contribution < -0.4 is 10.1 Å². The van der Waals surface area contributed by atoms with Gasteiger partial charge in [0.15, 0.2) is 0 Å². The molecule has 5 heteroatoms. The van der Waals surface area contributed by atoms with Crippen molar-refractivity contribution in [1.82, 2.24) is 20.1 Å². The molecule has 0 amide bonds. The summed E-state index contributed by atoms with van der Waals surface area (Å²) in [4.78, 5) is 3.98. The zero-order valence-electron chi connectivity index (χ0n) is 15.5. The van der Waals surface area contributed by atoms with Crippen LogP contribution in [0.5, 0.6) is 5.75 Å². The van der Waals surface area contributed by atoms with Crippen molar-refractivity contribution in [2.24, 2.45) is 0 Å². The summed E-state index contributed by atoms with van der Waals surface area (Å²) in [6.45, 7) is 2.99. The molecule has 0 saturated heterocycles. The highest BCUT2D eigenvalue weighted by molar-refractivity contribution is 5.84. The Hall–Kier alpha value is -3.18. The maximum Gasteiger partial charge on any atom is 0.138 e. The smallest absolute Gasteiger partial charge is 0.138 e. The van der Waals surface area contributed by atoms with E-state index >= 15 is 0 Å². The maximum absolute atomic E-state index is 5.29. The third-order valence-electron chi connectivity index (χ3n) is 4.80. The molecule has 136 valence electrons. The lowest BCUT2D eigenvalue weighted by Gasteiger charge is -2.15. The first-order valence-corrected chi connectivity index (χ1v) is 8.98. The number of fused-ring (bicyclic) bond motifs is 1. The van der Waals surface area contributed by atoms with Crippen LogP contribution in [0, 0.1) is 0 Å². The summed E-state index contributed by atoms with van der Waals surface area (Å²) in [6, 6.07) is 21.3. The first kappa shape index (κ1) is 17.2. The van der Waals surface area contributed by atoms with Crippen LogP contribution >= 0.6 is 0 Å². The molecule has 1 N–H and O–H groups in total. The van der Waals surface area contributed by atoms with Gasteiger partial charge in [0, 0.05) is 12.6 Å². The average Bonchev–Trinajstić information content (AvgIpc) is 3.26. The van der Waals surface area contributed by atoms with E-state index in [1.54, 1.807) is 18.1 Å². The number of aromatic nitrogens is 3. The van der Waals surface area contributed by atoms with Gasteiger partial charge in [-0.3, -0.25) is 0 Å². The molecule has 4 rings (SSSR count). The minimum atomic E-state index is 0.251. The fourth-order valence-electron chi connectivity index (χ4n) is 3.16. The van der Waals surface area contributed by atoms with Crippen molar-refractivity contribution in [2.75, 3.05) is 7.11 Å². The van der Waals surface area contributed by atoms with E-state index in [-0.39, 0.29) is 6.04 Å². The van der Waals surface area contributed by atoms with Crippen LogP contribution in [0.15, 0.2) is 73.3 Å². The summed E-state index contributed by atoms with van der Waals surface area (Å²) in [5.74, 6) is 0.885. The Kier molecular flexibility index (Phi) is 4.85. The molecule has 0 saturated carbocycles. The van der Waals surface area contributed by atoms with Gasteiger partial charge in [0.25, 0.3) is 0 Å². The fourth-order valence-corrected chi connectivity index (χ4v) is 3.16. The SMILES string of the molecule is COc1ccc2cc(CNC(C)c3ccc(-n4cncn4)cc3)ccc2c1. The third kappa shape index (κ3) is 3.83. The zero-order valence-corrected chi connectivity index (χ0v) is 15.5. The molecule has 5 nitrogen and oxygen atoms in total. The van der Waals surface area contributed by atoms with Crippen LogP contribution in [-0.2, 0) is 6.54 Å². The minimum Gasteiger partial charge on any atom is -0.497 e. The van der Waals surface area contributed by atoms with Crippen molar-refractivity contribution in [3.63, 3.8) is 0 Å². The Morgan fingerprint density at radius 1 is 1.00 bits per heavy atom. The van der Waals surface area contributed by atoms with Crippen molar-refractivity contribution in [3.05, 3.63) is 84.4 Å². The molecule has 1 atom stereocenters. The Labute approximate surface area is 158 Å². The molecule has 1 unspecified atom stereocenters. The van der Waals surface area contributed by atoms with Gasteiger partial charge in [-0.2, -0.15) is 5.10 Å². The molecule has 27 heavy (non-hydrogen) atoms. The van der Waals surface area contributed by atoms with Gasteiger partial charge in [0.05, 0.1) is 12.8 Å². The van der Waals surface area contributed by atoms with E-state index in [0.29, 0.717) is 0 Å². The van der Waals surface area contributed by atoms with E-state index in [2.05, 4.69) is 76.9 Å². The number of benzene rings is 3. The van der Waals surface area contributed by atoms with Gasteiger partial charge in [0.2, 0.25) is 0 Å². The summed E-state index contributed by atoms with van der Waals surface area (Å²) in [5.41, 5.74) is 3.51. The Morgan fingerprint density at radius 2 is 1.78 bits per heavy atom. The number of nitrogens with zero attached hydrogens (tertiary/aromatic N) is 3. The molecule has 0 spiro atoms. The number of rotatable bonds is 6. The molecule has 1 heterocycles. The predicted molar refractivity (Wildman–Crippen MR) is 107 cm³/mol. The largest absolute Gasteiger partial charge is 0.497 e. The van der Waals surface area contributed by atoms with Crippen LogP contribution in [0.1, 0.15) is 24.1 Å². The zero-order chi connectivity index (χ0) is 18.6. The number of hydrogen-bond donors (Lipinski definition) is 1. The third-order valence-corrected chi connectivity index (χ3v) is 4.80. The van der Waals surface area contributed by atoms with Gasteiger partial charge in [-0.05, 0) is 59.2 Å². The molecule has 0 fully saturated rings. The number of methoxy groups -OCH3 is 1. The lowest BCUT2D eigenvalue weighted by molar-refractivity contribution is 0.415. The highest BCUT2D eigenvalue weighted by Gasteiger charge is 2.06. The van der Waals surface area contributed by atoms with Gasteiger partial charge in [-0.25, -0.2) is 9.67 Å². The van der Waals surface area contributed by atoms with Crippen LogP contribution in [0.4, 0.5) is 0 Å². The minimum absolute atomic E-state index is 0.251. The van der Waals surface area contributed by atoms with Gasteiger partial charge in [0.1, 0.15) is 18.4 Å². The molecule has 0 aliphatic carbocycles. The second kappa shape index (κ2) is 7.60. The highest BCUT2D eigenvalue weighted by Crippen LogP contribution is 2.22. The number of ether oxygens (including phenoxy) is 1. The van der Waals surface area contributed by atoms with Crippen molar-refractivity contribution in [2.45, 2.75) is 19.5 Å². The molecule has 1 aromatic heterocycles. The molecule has 0 aliphatic heterocycles. The number of hydrogen-bond acceptors (Lipinski definition) is 4. The van der Waals surface area contributed by atoms with Gasteiger partial charge >= 0.3 is 0 Å². The average molecular weight is 358 g/mol. The summed E-state index contributed by atoms with van der Waals surface area (Å²) in [6.07, 6.45) is 3.24. The number of nitrogens with one attached hydrogen (secondary N) is 1. The van der Waals surface area contributed by atoms with E-state index in [4.69, 9.17) is 4.74 Å². The van der Waals surface area contributed by atoms with Gasteiger partial charge in [-0.15, -0.1) is 0 Å². The van der Waals surface area contributed by atoms with Crippen LogP contribution in [0.2, 0.25) is 0 Å². The van der Waals surface area contributed by atoms with E-state index in [1.807, 2.05) is 6.07 Å². The van der Waals surface area contributed by atoms with Crippen molar-refractivity contribution in [1.29, 1.82) is 0 Å². The molecule has 3 aromatic carbocycles. The van der Waals surface area contributed by atoms with Crippen LogP contribution in [0.3, 0.4) is 0 Å². The van der Waals surface area contributed by atoms with Crippen LogP contribution in [-0.4, -0.2) is 21.9 Å². The summed E-state index contributed by atoms with van der Waals surface area (Å²) in [5, 5.41) is 10.2. The lowest BCUT2D eigenvalue weighted by Crippen LogP contribution is -2.18. The first-order chi connectivity index (χ1) is 13.2. The van der Waals surface area contributed by atoms with Crippen molar-refractivity contribution in [3.8, 4) is 11.4 Å². The maximum atomic E-state index is 5.29. The molecular formula is C22H22N4O. The van der Waals surface area contributed by atoms with Crippen molar-refractivity contribution < 1.29 is 4.74 Å². The van der Waals surface area contributed by atoms with E-state index < -0.39 is 0 Å². The quantitative estimate of drug-likeness (QED) is 0.559. The van der Waals surface area contributed by atoms with E-state index in [1.165, 1.54) is 28.2 Å². The Bertz CT molecular complexity index is 1030. The lowest BCUT2D eigenvalue weighted by atomic mass is 10.1. The molecule has 0 aliphatic rings. The molecule has 0 bridgehead atoms.